The number of carbonyl (C=O) groups is 2. The van der Waals surface area contributed by atoms with Gasteiger partial charge in [0.2, 0.25) is 5.91 Å². The van der Waals surface area contributed by atoms with Crippen molar-refractivity contribution in [3.8, 4) is 17.2 Å². The van der Waals surface area contributed by atoms with E-state index in [2.05, 4.69) is 0 Å². The van der Waals surface area contributed by atoms with Crippen LogP contribution in [0.4, 0.5) is 0 Å². The zero-order chi connectivity index (χ0) is 25.4. The number of nitrogens with two attached hydrogens (primary N) is 2. The van der Waals surface area contributed by atoms with E-state index in [9.17, 15) is 9.59 Å². The van der Waals surface area contributed by atoms with Gasteiger partial charge in [-0.25, -0.2) is 0 Å². The number of alkyl halides is 1. The molecule has 0 aromatic heterocycles. The number of amides is 1. The Hall–Kier alpha value is -2.52. The fourth-order valence-electron chi connectivity index (χ4n) is 4.39. The Kier molecular flexibility index (Phi) is 11.8. The molecule has 3 rings (SSSR count). The van der Waals surface area contributed by atoms with E-state index in [-0.39, 0.29) is 30.8 Å². The number of ether oxygens (including phenoxy) is 3. The van der Waals surface area contributed by atoms with Gasteiger partial charge in [0.25, 0.3) is 0 Å². The van der Waals surface area contributed by atoms with Crippen LogP contribution in [0.25, 0.3) is 0 Å². The van der Waals surface area contributed by atoms with E-state index in [0.717, 1.165) is 17.4 Å². The van der Waals surface area contributed by atoms with Crippen molar-refractivity contribution in [1.82, 2.24) is 4.90 Å². The van der Waals surface area contributed by atoms with Crippen LogP contribution < -0.4 is 25.7 Å². The van der Waals surface area contributed by atoms with Gasteiger partial charge in [0.05, 0.1) is 14.2 Å². The zero-order valence-corrected chi connectivity index (χ0v) is 22.2. The Morgan fingerprint density at radius 2 is 1.75 bits per heavy atom. The number of hydrogen-bond acceptors (Lipinski definition) is 7. The normalized spacial score (nSPS) is 16.8. The van der Waals surface area contributed by atoms with Crippen LogP contribution in [0.2, 0.25) is 0 Å². The number of carbonyl (C=O) groups excluding carboxylic acids is 2. The topological polar surface area (TPSA) is 117 Å². The summed E-state index contributed by atoms with van der Waals surface area (Å²) in [6.45, 7) is 1.56. The van der Waals surface area contributed by atoms with Gasteiger partial charge in [-0.3, -0.25) is 9.69 Å². The number of likely N-dealkylation sites (tertiary alicyclic amines) is 1. The summed E-state index contributed by atoms with van der Waals surface area (Å²) in [5.74, 6) is 1.06. The van der Waals surface area contributed by atoms with Crippen LogP contribution in [0.5, 0.6) is 17.2 Å². The predicted octanol–water partition coefficient (Wildman–Crippen LogP) is 3.47. The number of primary amides is 1. The van der Waals surface area contributed by atoms with Crippen LogP contribution >= 0.6 is 24.0 Å². The largest absolute Gasteiger partial charge is 0.497 e. The molecule has 1 amide bonds. The number of benzene rings is 2. The first kappa shape index (κ1) is 29.7. The molecule has 2 aromatic carbocycles. The third-order valence-corrected chi connectivity index (χ3v) is 7.05. The third-order valence-electron chi connectivity index (χ3n) is 6.45. The van der Waals surface area contributed by atoms with Gasteiger partial charge in [0, 0.05) is 42.6 Å². The van der Waals surface area contributed by atoms with E-state index in [0.29, 0.717) is 49.6 Å². The smallest absolute Gasteiger partial charge is 0.220 e. The van der Waals surface area contributed by atoms with E-state index in [1.807, 2.05) is 41.3 Å². The SMILES string of the molecule is COc1cc(COc2ccccc2C(C=O)CC(N)C(Cl)N2CCC(C(N)=O)CC2)cc(OC)c1.Cl. The summed E-state index contributed by atoms with van der Waals surface area (Å²) in [5.41, 5.74) is 13.0. The van der Waals surface area contributed by atoms with Gasteiger partial charge in [0.15, 0.2) is 0 Å². The van der Waals surface area contributed by atoms with E-state index in [1.54, 1.807) is 20.3 Å². The van der Waals surface area contributed by atoms with Crippen molar-refractivity contribution in [2.24, 2.45) is 17.4 Å². The van der Waals surface area contributed by atoms with Crippen molar-refractivity contribution in [3.05, 3.63) is 53.6 Å². The van der Waals surface area contributed by atoms with Crippen molar-refractivity contribution >= 4 is 36.2 Å². The Balaban J connectivity index is 0.00000456. The molecule has 0 spiro atoms. The highest BCUT2D eigenvalue weighted by atomic mass is 35.5. The first-order chi connectivity index (χ1) is 16.9. The number of halogens is 2. The van der Waals surface area contributed by atoms with Crippen molar-refractivity contribution < 1.29 is 23.8 Å². The maximum Gasteiger partial charge on any atom is 0.220 e. The standard InChI is InChI=1S/C26H34ClN3O5.ClH/c1-33-20-11-17(12-21(14-20)34-2)16-35-24-6-4-3-5-22(24)19(15-31)13-23(28)25(27)30-9-7-18(8-10-30)26(29)32;/h3-6,11-12,14-15,18-19,23,25H,7-10,13,16,28H2,1-2H3,(H2,29,32);1H. The van der Waals surface area contributed by atoms with Crippen LogP contribution in [0, 0.1) is 5.92 Å². The minimum Gasteiger partial charge on any atom is -0.497 e. The molecule has 1 heterocycles. The van der Waals surface area contributed by atoms with E-state index < -0.39 is 17.5 Å². The number of rotatable bonds is 12. The summed E-state index contributed by atoms with van der Waals surface area (Å²) < 4.78 is 16.8. The van der Waals surface area contributed by atoms with Gasteiger partial charge in [-0.05, 0) is 43.0 Å². The second-order valence-electron chi connectivity index (χ2n) is 8.77. The molecule has 3 unspecified atom stereocenters. The molecular formula is C26H35Cl2N3O5. The summed E-state index contributed by atoms with van der Waals surface area (Å²) in [6, 6.07) is 12.5. The third kappa shape index (κ3) is 7.74. The number of aldehydes is 1. The lowest BCUT2D eigenvalue weighted by molar-refractivity contribution is -0.123. The zero-order valence-electron chi connectivity index (χ0n) is 20.6. The second kappa shape index (κ2) is 14.3. The first-order valence-electron chi connectivity index (χ1n) is 11.7. The van der Waals surface area contributed by atoms with E-state index in [4.69, 9.17) is 37.3 Å². The Labute approximate surface area is 223 Å². The van der Waals surface area contributed by atoms with Crippen LogP contribution in [-0.4, -0.2) is 55.9 Å². The van der Waals surface area contributed by atoms with Gasteiger partial charge in [-0.1, -0.05) is 18.2 Å². The minimum absolute atomic E-state index is 0. The number of para-hydroxylation sites is 1. The summed E-state index contributed by atoms with van der Waals surface area (Å²) in [5, 5.41) is 0. The molecule has 1 aliphatic rings. The molecule has 0 bridgehead atoms. The highest BCUT2D eigenvalue weighted by Crippen LogP contribution is 2.32. The highest BCUT2D eigenvalue weighted by molar-refractivity contribution is 6.20. The molecule has 3 atom stereocenters. The van der Waals surface area contributed by atoms with Gasteiger partial charge >= 0.3 is 0 Å². The van der Waals surface area contributed by atoms with Crippen LogP contribution in [0.3, 0.4) is 0 Å². The molecule has 4 N–H and O–H groups in total. The second-order valence-corrected chi connectivity index (χ2v) is 9.22. The molecule has 8 nitrogen and oxygen atoms in total. The van der Waals surface area contributed by atoms with E-state index >= 15 is 0 Å². The summed E-state index contributed by atoms with van der Waals surface area (Å²) in [4.78, 5) is 25.6. The quantitative estimate of drug-likeness (QED) is 0.241. The Bertz CT molecular complexity index is 979. The molecule has 36 heavy (non-hydrogen) atoms. The Morgan fingerprint density at radius 3 is 2.31 bits per heavy atom. The maximum atomic E-state index is 12.1. The average Bonchev–Trinajstić information content (AvgIpc) is 2.89. The fourth-order valence-corrected chi connectivity index (χ4v) is 4.69. The van der Waals surface area contributed by atoms with Crippen LogP contribution in [0.1, 0.15) is 36.3 Å². The lowest BCUT2D eigenvalue weighted by Gasteiger charge is -2.36. The lowest BCUT2D eigenvalue weighted by Crippen LogP contribution is -2.49. The number of hydrogen-bond donors (Lipinski definition) is 2. The molecular weight excluding hydrogens is 505 g/mol. The van der Waals surface area contributed by atoms with Crippen molar-refractivity contribution in [1.29, 1.82) is 0 Å². The molecule has 1 fully saturated rings. The van der Waals surface area contributed by atoms with Crippen LogP contribution in [0.15, 0.2) is 42.5 Å². The summed E-state index contributed by atoms with van der Waals surface area (Å²) in [6.07, 6.45) is 2.57. The first-order valence-corrected chi connectivity index (χ1v) is 12.1. The predicted molar refractivity (Wildman–Crippen MR) is 142 cm³/mol. The molecule has 10 heteroatoms. The molecule has 0 aliphatic carbocycles. The van der Waals surface area contributed by atoms with Gasteiger partial charge in [-0.2, -0.15) is 0 Å². The van der Waals surface area contributed by atoms with Gasteiger partial charge in [0.1, 0.15) is 35.6 Å². The molecule has 1 saturated heterocycles. The molecule has 2 aromatic rings. The molecule has 1 aliphatic heterocycles. The Morgan fingerprint density at radius 1 is 1.14 bits per heavy atom. The monoisotopic (exact) mass is 539 g/mol. The molecule has 0 saturated carbocycles. The average molecular weight is 540 g/mol. The van der Waals surface area contributed by atoms with Gasteiger partial charge < -0.3 is 30.5 Å². The minimum atomic E-state index is -0.481. The molecule has 198 valence electrons. The maximum absolute atomic E-state index is 12.1. The van der Waals surface area contributed by atoms with Crippen molar-refractivity contribution in [2.45, 2.75) is 43.3 Å². The fraction of sp³-hybridized carbons (Fsp3) is 0.462. The van der Waals surface area contributed by atoms with Gasteiger partial charge in [-0.15, -0.1) is 24.0 Å². The summed E-state index contributed by atoms with van der Waals surface area (Å²) in [7, 11) is 3.19. The lowest BCUT2D eigenvalue weighted by atomic mass is 9.91. The van der Waals surface area contributed by atoms with Crippen molar-refractivity contribution in [2.75, 3.05) is 27.3 Å². The highest BCUT2D eigenvalue weighted by Gasteiger charge is 2.31. The summed E-state index contributed by atoms with van der Waals surface area (Å²) >= 11 is 6.68. The van der Waals surface area contributed by atoms with Crippen molar-refractivity contribution in [3.63, 3.8) is 0 Å². The number of methoxy groups -OCH3 is 2. The molecule has 0 radical (unpaired) electrons. The number of nitrogens with zero attached hydrogens (tertiary/aromatic N) is 1. The van der Waals surface area contributed by atoms with Crippen LogP contribution in [-0.2, 0) is 16.2 Å². The number of piperidine rings is 1. The van der Waals surface area contributed by atoms with E-state index in [1.165, 1.54) is 0 Å².